The first-order chi connectivity index (χ1) is 5.74. The van der Waals surface area contributed by atoms with Crippen LogP contribution in [-0.2, 0) is 0 Å². The lowest BCUT2D eigenvalue weighted by Gasteiger charge is -1.97. The zero-order chi connectivity index (χ0) is 8.97. The van der Waals surface area contributed by atoms with Crippen molar-refractivity contribution in [2.24, 2.45) is 5.29 Å². The van der Waals surface area contributed by atoms with Crippen LogP contribution in [0.25, 0.3) is 0 Å². The molecule has 0 radical (unpaired) electrons. The summed E-state index contributed by atoms with van der Waals surface area (Å²) in [4.78, 5) is 20.2. The van der Waals surface area contributed by atoms with Gasteiger partial charge < -0.3 is 5.11 Å². The Kier molecular flexibility index (Phi) is 2.37. The molecule has 0 aromatic heterocycles. The molecule has 0 spiro atoms. The van der Waals surface area contributed by atoms with Gasteiger partial charge in [-0.1, -0.05) is 6.07 Å². The number of nitroso groups, excluding NO2 is 1. The Labute approximate surface area is 68.0 Å². The Balaban J connectivity index is 2.95. The van der Waals surface area contributed by atoms with E-state index in [-0.39, 0.29) is 5.56 Å². The number of hydrogen-bond donors (Lipinski definition) is 2. The van der Waals surface area contributed by atoms with Crippen molar-refractivity contribution in [3.8, 4) is 0 Å². The molecule has 5 nitrogen and oxygen atoms in total. The van der Waals surface area contributed by atoms with Gasteiger partial charge in [-0.25, -0.2) is 10.2 Å². The maximum Gasteiger partial charge on any atom is 0.335 e. The van der Waals surface area contributed by atoms with E-state index in [1.165, 1.54) is 18.2 Å². The van der Waals surface area contributed by atoms with Gasteiger partial charge in [0.15, 0.2) is 0 Å². The molecule has 0 aliphatic rings. The number of benzene rings is 1. The molecule has 0 aliphatic carbocycles. The minimum Gasteiger partial charge on any atom is -0.478 e. The fourth-order valence-corrected chi connectivity index (χ4v) is 0.774. The highest BCUT2D eigenvalue weighted by molar-refractivity contribution is 5.88. The average Bonchev–Trinajstić information content (AvgIpc) is 2.05. The van der Waals surface area contributed by atoms with E-state index in [2.05, 4.69) is 10.7 Å². The maximum absolute atomic E-state index is 10.4. The van der Waals surface area contributed by atoms with Gasteiger partial charge in [-0.3, -0.25) is 0 Å². The summed E-state index contributed by atoms with van der Waals surface area (Å²) in [5, 5.41) is 11.0. The number of carbonyl (C=O) groups is 1. The summed E-state index contributed by atoms with van der Waals surface area (Å²) >= 11 is 0. The van der Waals surface area contributed by atoms with Crippen molar-refractivity contribution in [1.29, 1.82) is 0 Å². The Morgan fingerprint density at radius 1 is 1.50 bits per heavy atom. The summed E-state index contributed by atoms with van der Waals surface area (Å²) in [6, 6.07) is 5.83. The molecular weight excluding hydrogens is 160 g/mol. The molecule has 0 saturated carbocycles. The number of nitrogens with one attached hydrogen (secondary N) is 1. The van der Waals surface area contributed by atoms with Crippen LogP contribution in [0.2, 0.25) is 0 Å². The molecule has 0 amide bonds. The maximum atomic E-state index is 10.4. The lowest BCUT2D eigenvalue weighted by molar-refractivity contribution is 0.0697. The van der Waals surface area contributed by atoms with Gasteiger partial charge in [-0.2, -0.15) is 0 Å². The summed E-state index contributed by atoms with van der Waals surface area (Å²) in [6.45, 7) is 0. The van der Waals surface area contributed by atoms with Gasteiger partial charge in [0, 0.05) is 0 Å². The van der Waals surface area contributed by atoms with Crippen molar-refractivity contribution in [2.75, 3.05) is 5.43 Å². The molecule has 0 fully saturated rings. The summed E-state index contributed by atoms with van der Waals surface area (Å²) in [5.74, 6) is -1.04. The predicted octanol–water partition coefficient (Wildman–Crippen LogP) is 1.48. The van der Waals surface area contributed by atoms with Gasteiger partial charge in [0.1, 0.15) is 0 Å². The van der Waals surface area contributed by atoms with E-state index >= 15 is 0 Å². The molecule has 1 aromatic rings. The summed E-state index contributed by atoms with van der Waals surface area (Å²) < 4.78 is 0. The first kappa shape index (κ1) is 8.19. The van der Waals surface area contributed by atoms with Crippen LogP contribution < -0.4 is 5.43 Å². The number of carboxylic acid groups (broad SMARTS) is 1. The molecule has 1 rings (SSSR count). The van der Waals surface area contributed by atoms with Gasteiger partial charge in [0.05, 0.1) is 16.5 Å². The SMILES string of the molecule is O=NNc1cccc(C(=O)O)c1. The molecule has 0 heterocycles. The Hall–Kier alpha value is -1.91. The highest BCUT2D eigenvalue weighted by Gasteiger charge is 2.01. The molecule has 2 N–H and O–H groups in total. The summed E-state index contributed by atoms with van der Waals surface area (Å²) in [6.07, 6.45) is 0. The molecule has 5 heteroatoms. The third-order valence-electron chi connectivity index (χ3n) is 1.28. The second-order valence-corrected chi connectivity index (χ2v) is 2.09. The Morgan fingerprint density at radius 3 is 2.83 bits per heavy atom. The van der Waals surface area contributed by atoms with Crippen LogP contribution in [0.15, 0.2) is 29.6 Å². The van der Waals surface area contributed by atoms with E-state index < -0.39 is 5.97 Å². The van der Waals surface area contributed by atoms with Gasteiger partial charge in [0.25, 0.3) is 0 Å². The Bertz CT molecular complexity index is 311. The third kappa shape index (κ3) is 1.79. The first-order valence-electron chi connectivity index (χ1n) is 3.16. The minimum atomic E-state index is -1.04. The molecule has 1 aromatic carbocycles. The predicted molar refractivity (Wildman–Crippen MR) is 42.8 cm³/mol. The third-order valence-corrected chi connectivity index (χ3v) is 1.28. The lowest BCUT2D eigenvalue weighted by atomic mass is 10.2. The molecular formula is C7H6N2O3. The standard InChI is InChI=1S/C7H6N2O3/c10-7(11)5-2-1-3-6(4-5)8-9-12/h1-4H,(H,8,12)(H,10,11). The van der Waals surface area contributed by atoms with E-state index in [4.69, 9.17) is 5.11 Å². The molecule has 0 unspecified atom stereocenters. The fraction of sp³-hybridized carbons (Fsp3) is 0. The van der Waals surface area contributed by atoms with Crippen molar-refractivity contribution < 1.29 is 9.90 Å². The smallest absolute Gasteiger partial charge is 0.335 e. The van der Waals surface area contributed by atoms with Crippen LogP contribution in [0.3, 0.4) is 0 Å². The van der Waals surface area contributed by atoms with Crippen molar-refractivity contribution in [1.82, 2.24) is 0 Å². The van der Waals surface area contributed by atoms with E-state index in [0.29, 0.717) is 5.69 Å². The molecule has 0 bridgehead atoms. The summed E-state index contributed by atoms with van der Waals surface area (Å²) in [7, 11) is 0. The topological polar surface area (TPSA) is 78.8 Å². The molecule has 12 heavy (non-hydrogen) atoms. The van der Waals surface area contributed by atoms with E-state index in [0.717, 1.165) is 0 Å². The minimum absolute atomic E-state index is 0.114. The number of rotatable bonds is 3. The zero-order valence-corrected chi connectivity index (χ0v) is 6.02. The van der Waals surface area contributed by atoms with Crippen molar-refractivity contribution >= 4 is 11.7 Å². The number of aromatic carboxylic acids is 1. The van der Waals surface area contributed by atoms with Gasteiger partial charge in [-0.05, 0) is 18.2 Å². The number of nitrogens with zero attached hydrogens (tertiary/aromatic N) is 1. The number of carboxylic acids is 1. The van der Waals surface area contributed by atoms with Gasteiger partial charge in [-0.15, -0.1) is 4.91 Å². The number of hydrogen-bond acceptors (Lipinski definition) is 3. The largest absolute Gasteiger partial charge is 0.478 e. The van der Waals surface area contributed by atoms with Gasteiger partial charge in [0.2, 0.25) is 0 Å². The monoisotopic (exact) mass is 166 g/mol. The Morgan fingerprint density at radius 2 is 2.25 bits per heavy atom. The van der Waals surface area contributed by atoms with E-state index in [1.807, 2.05) is 0 Å². The highest BCUT2D eigenvalue weighted by atomic mass is 16.4. The van der Waals surface area contributed by atoms with Crippen molar-refractivity contribution in [3.05, 3.63) is 34.7 Å². The van der Waals surface area contributed by atoms with Crippen LogP contribution in [0.4, 0.5) is 5.69 Å². The quantitative estimate of drug-likeness (QED) is 0.526. The van der Waals surface area contributed by atoms with Crippen LogP contribution in [0.5, 0.6) is 0 Å². The lowest BCUT2D eigenvalue weighted by Crippen LogP contribution is -1.96. The average molecular weight is 166 g/mol. The van der Waals surface area contributed by atoms with Crippen molar-refractivity contribution in [2.45, 2.75) is 0 Å². The molecule has 62 valence electrons. The van der Waals surface area contributed by atoms with Crippen LogP contribution in [0, 0.1) is 4.91 Å². The number of anilines is 1. The second-order valence-electron chi connectivity index (χ2n) is 2.09. The fourth-order valence-electron chi connectivity index (χ4n) is 0.774. The molecule has 0 atom stereocenters. The second kappa shape index (κ2) is 3.47. The highest BCUT2D eigenvalue weighted by Crippen LogP contribution is 2.09. The van der Waals surface area contributed by atoms with Crippen LogP contribution >= 0.6 is 0 Å². The van der Waals surface area contributed by atoms with E-state index in [9.17, 15) is 9.70 Å². The summed E-state index contributed by atoms with van der Waals surface area (Å²) in [5.41, 5.74) is 2.59. The van der Waals surface area contributed by atoms with Crippen LogP contribution in [-0.4, -0.2) is 11.1 Å². The molecule has 0 aliphatic heterocycles. The zero-order valence-electron chi connectivity index (χ0n) is 6.02. The van der Waals surface area contributed by atoms with Crippen LogP contribution in [0.1, 0.15) is 10.4 Å². The normalized spacial score (nSPS) is 9.00. The van der Waals surface area contributed by atoms with Crippen molar-refractivity contribution in [3.63, 3.8) is 0 Å². The first-order valence-corrected chi connectivity index (χ1v) is 3.16. The van der Waals surface area contributed by atoms with Gasteiger partial charge >= 0.3 is 5.97 Å². The molecule has 0 saturated heterocycles. The van der Waals surface area contributed by atoms with E-state index in [1.54, 1.807) is 6.07 Å².